The molecule has 0 spiro atoms. The molecule has 2 heterocycles. The molecule has 0 fully saturated rings. The molecule has 0 N–H and O–H groups in total. The molecule has 198 valence electrons. The zero-order valence-corrected chi connectivity index (χ0v) is 24.2. The third-order valence-electron chi connectivity index (χ3n) is 7.47. The van der Waals surface area contributed by atoms with Crippen LogP contribution in [0, 0.1) is 0 Å². The van der Waals surface area contributed by atoms with E-state index in [0.29, 0.717) is 31.7 Å². The molecule has 2 aliphatic rings. The highest BCUT2D eigenvalue weighted by Gasteiger charge is 2.42. The van der Waals surface area contributed by atoms with Crippen LogP contribution in [-0.2, 0) is 37.3 Å². The minimum atomic E-state index is -3.50. The molecule has 2 aliphatic heterocycles. The molecule has 7 nitrogen and oxygen atoms in total. The van der Waals surface area contributed by atoms with Gasteiger partial charge in [0.25, 0.3) is 0 Å². The van der Waals surface area contributed by atoms with Gasteiger partial charge in [0.15, 0.2) is 0 Å². The van der Waals surface area contributed by atoms with Crippen molar-refractivity contribution in [3.8, 4) is 5.75 Å². The fourth-order valence-electron chi connectivity index (χ4n) is 5.80. The van der Waals surface area contributed by atoms with E-state index in [9.17, 15) is 16.8 Å². The minimum Gasteiger partial charge on any atom is -0.497 e. The molecule has 0 radical (unpaired) electrons. The smallest absolute Gasteiger partial charge is 0.232 e. The van der Waals surface area contributed by atoms with E-state index in [1.165, 1.54) is 16.8 Å². The van der Waals surface area contributed by atoms with E-state index in [2.05, 4.69) is 34.6 Å². The zero-order chi connectivity index (χ0) is 26.8. The lowest BCUT2D eigenvalue weighted by Crippen LogP contribution is -2.33. The van der Waals surface area contributed by atoms with Crippen LogP contribution in [0.1, 0.15) is 69.2 Å². The lowest BCUT2D eigenvalue weighted by atomic mass is 9.74. The van der Waals surface area contributed by atoms with Crippen LogP contribution in [0.2, 0.25) is 0 Å². The van der Waals surface area contributed by atoms with E-state index in [1.807, 2.05) is 30.3 Å². The summed E-state index contributed by atoms with van der Waals surface area (Å²) in [5.74, 6) is 0.630. The van der Waals surface area contributed by atoms with Gasteiger partial charge in [-0.3, -0.25) is 8.61 Å². The number of nitrogens with zero attached hydrogens (tertiary/aromatic N) is 2. The van der Waals surface area contributed by atoms with E-state index in [1.54, 1.807) is 11.4 Å². The first kappa shape index (κ1) is 26.8. The van der Waals surface area contributed by atoms with Crippen molar-refractivity contribution in [1.29, 1.82) is 0 Å². The number of methoxy groups -OCH3 is 1. The van der Waals surface area contributed by atoms with Gasteiger partial charge in [-0.15, -0.1) is 0 Å². The van der Waals surface area contributed by atoms with Gasteiger partial charge >= 0.3 is 0 Å². The molecule has 1 unspecified atom stereocenters. The maximum absolute atomic E-state index is 12.9. The summed E-state index contributed by atoms with van der Waals surface area (Å²) in [4.78, 5) is 0. The highest BCUT2D eigenvalue weighted by molar-refractivity contribution is 7.92. The molecule has 2 aromatic carbocycles. The van der Waals surface area contributed by atoms with Crippen LogP contribution in [0.4, 0.5) is 11.4 Å². The second-order valence-electron chi connectivity index (χ2n) is 11.8. The summed E-state index contributed by atoms with van der Waals surface area (Å²) < 4.78 is 59.7. The van der Waals surface area contributed by atoms with Gasteiger partial charge in [0, 0.05) is 19.0 Å². The Bertz CT molecular complexity index is 1410. The summed E-state index contributed by atoms with van der Waals surface area (Å²) in [6.45, 7) is 11.3. The van der Waals surface area contributed by atoms with Crippen molar-refractivity contribution in [2.75, 3.05) is 41.3 Å². The molecule has 0 amide bonds. The summed E-state index contributed by atoms with van der Waals surface area (Å²) in [5, 5.41) is 0. The largest absolute Gasteiger partial charge is 0.497 e. The number of ether oxygens (including phenoxy) is 1. The summed E-state index contributed by atoms with van der Waals surface area (Å²) in [6.07, 6.45) is 3.85. The van der Waals surface area contributed by atoms with Gasteiger partial charge in [-0.2, -0.15) is 0 Å². The Labute approximate surface area is 216 Å². The second-order valence-corrected chi connectivity index (χ2v) is 15.7. The van der Waals surface area contributed by atoms with Crippen LogP contribution in [-0.4, -0.2) is 49.5 Å². The van der Waals surface area contributed by atoms with Crippen molar-refractivity contribution in [2.45, 2.75) is 64.2 Å². The average molecular weight is 535 g/mol. The first-order valence-electron chi connectivity index (χ1n) is 12.3. The fraction of sp³-hybridized carbons (Fsp3) is 0.556. The molecule has 0 aliphatic carbocycles. The van der Waals surface area contributed by atoms with Crippen LogP contribution in [0.3, 0.4) is 0 Å². The molecule has 0 saturated heterocycles. The predicted molar refractivity (Wildman–Crippen MR) is 147 cm³/mol. The molecular formula is C27H38N2O5S2. The second kappa shape index (κ2) is 8.65. The quantitative estimate of drug-likeness (QED) is 0.543. The van der Waals surface area contributed by atoms with Crippen molar-refractivity contribution in [3.05, 3.63) is 52.6 Å². The summed E-state index contributed by atoms with van der Waals surface area (Å²) >= 11 is 0. The van der Waals surface area contributed by atoms with E-state index in [4.69, 9.17) is 4.74 Å². The summed E-state index contributed by atoms with van der Waals surface area (Å²) in [6, 6.07) is 9.91. The van der Waals surface area contributed by atoms with E-state index < -0.39 is 25.5 Å². The normalized spacial score (nSPS) is 18.4. The maximum atomic E-state index is 12.9. The molecule has 0 aromatic heterocycles. The zero-order valence-electron chi connectivity index (χ0n) is 22.5. The number of hydrogen-bond donors (Lipinski definition) is 0. The fourth-order valence-corrected chi connectivity index (χ4v) is 7.76. The van der Waals surface area contributed by atoms with Gasteiger partial charge in [0.1, 0.15) is 5.75 Å². The third kappa shape index (κ3) is 4.72. The Hall–Kier alpha value is -2.26. The molecule has 0 saturated carbocycles. The van der Waals surface area contributed by atoms with Crippen LogP contribution < -0.4 is 13.3 Å². The molecular weight excluding hydrogens is 496 g/mol. The molecule has 9 heteroatoms. The van der Waals surface area contributed by atoms with Crippen LogP contribution in [0.25, 0.3) is 0 Å². The Morgan fingerprint density at radius 1 is 0.917 bits per heavy atom. The first-order valence-corrected chi connectivity index (χ1v) is 15.9. The van der Waals surface area contributed by atoms with Crippen molar-refractivity contribution in [3.63, 3.8) is 0 Å². The topological polar surface area (TPSA) is 84.0 Å². The van der Waals surface area contributed by atoms with Gasteiger partial charge in [-0.05, 0) is 58.1 Å². The number of anilines is 2. The number of para-hydroxylation sites is 1. The molecule has 2 aromatic rings. The maximum Gasteiger partial charge on any atom is 0.232 e. The number of hydrogen-bond acceptors (Lipinski definition) is 5. The lowest BCUT2D eigenvalue weighted by molar-refractivity contribution is 0.409. The summed E-state index contributed by atoms with van der Waals surface area (Å²) in [7, 11) is -5.28. The minimum absolute atomic E-state index is 0.0788. The number of benzene rings is 2. The van der Waals surface area contributed by atoms with Crippen LogP contribution >= 0.6 is 0 Å². The van der Waals surface area contributed by atoms with Gasteiger partial charge < -0.3 is 4.74 Å². The number of rotatable bonds is 6. The van der Waals surface area contributed by atoms with Crippen molar-refractivity contribution in [1.82, 2.24) is 0 Å². The first-order chi connectivity index (χ1) is 16.4. The SMILES string of the molecule is COc1cc2c(c(C(C)(C)C)c1)N(S(C)(=O)=O)CC2CC(C)(C)c1cccc2c1N(S(C)(=O)=O)CC2. The van der Waals surface area contributed by atoms with Gasteiger partial charge in [0.05, 0.1) is 31.0 Å². The van der Waals surface area contributed by atoms with Gasteiger partial charge in [-0.25, -0.2) is 16.8 Å². The van der Waals surface area contributed by atoms with Crippen LogP contribution in [0.5, 0.6) is 5.75 Å². The molecule has 36 heavy (non-hydrogen) atoms. The van der Waals surface area contributed by atoms with E-state index in [0.717, 1.165) is 33.6 Å². The van der Waals surface area contributed by atoms with Crippen molar-refractivity contribution < 1.29 is 21.6 Å². The Morgan fingerprint density at radius 3 is 2.11 bits per heavy atom. The van der Waals surface area contributed by atoms with Gasteiger partial charge in [-0.1, -0.05) is 52.8 Å². The highest BCUT2D eigenvalue weighted by atomic mass is 32.2. The lowest BCUT2D eigenvalue weighted by Gasteiger charge is -2.33. The number of fused-ring (bicyclic) bond motifs is 2. The van der Waals surface area contributed by atoms with Crippen molar-refractivity contribution in [2.24, 2.45) is 0 Å². The molecule has 0 bridgehead atoms. The third-order valence-corrected chi connectivity index (χ3v) is 9.77. The summed E-state index contributed by atoms with van der Waals surface area (Å²) in [5.41, 5.74) is 4.73. The monoisotopic (exact) mass is 534 g/mol. The van der Waals surface area contributed by atoms with Crippen molar-refractivity contribution >= 4 is 31.4 Å². The highest BCUT2D eigenvalue weighted by Crippen LogP contribution is 2.51. The molecule has 1 atom stereocenters. The predicted octanol–water partition coefficient (Wildman–Crippen LogP) is 4.55. The number of sulfonamides is 2. The Kier molecular flexibility index (Phi) is 6.44. The standard InChI is InChI=1S/C27H38N2O5S2/c1-26(2,3)23-15-20(34-6)14-21-19(17-29(25(21)23)36(8,32)33)16-27(4,5)22-11-9-10-18-12-13-28(24(18)22)35(7,30)31/h9-11,14-15,19H,12-13,16-17H2,1-8H3. The van der Waals surface area contributed by atoms with E-state index in [-0.39, 0.29) is 11.3 Å². The average Bonchev–Trinajstić information content (AvgIpc) is 3.33. The molecule has 4 rings (SSSR count). The van der Waals surface area contributed by atoms with Crippen LogP contribution in [0.15, 0.2) is 30.3 Å². The Morgan fingerprint density at radius 2 is 1.56 bits per heavy atom. The Balaban J connectivity index is 1.84. The van der Waals surface area contributed by atoms with E-state index >= 15 is 0 Å². The van der Waals surface area contributed by atoms with Gasteiger partial charge in [0.2, 0.25) is 20.0 Å².